The Kier molecular flexibility index (Phi) is 7.93. The van der Waals surface area contributed by atoms with E-state index in [4.69, 9.17) is 0 Å². The molecule has 16 heavy (non-hydrogen) atoms. The molecule has 0 atom stereocenters. The normalized spacial score (nSPS) is 13.9. The molecule has 0 aromatic carbocycles. The highest BCUT2D eigenvalue weighted by Gasteiger charge is 1.99. The summed E-state index contributed by atoms with van der Waals surface area (Å²) in [6, 6.07) is 0. The van der Waals surface area contributed by atoms with E-state index in [9.17, 15) is 0 Å². The van der Waals surface area contributed by atoms with Crippen LogP contribution in [-0.2, 0) is 0 Å². The molecule has 0 amide bonds. The lowest BCUT2D eigenvalue weighted by Crippen LogP contribution is -1.92. The zero-order chi connectivity index (χ0) is 11.5. The van der Waals surface area contributed by atoms with Gasteiger partial charge in [-0.3, -0.25) is 5.32 Å². The van der Waals surface area contributed by atoms with Gasteiger partial charge in [-0.2, -0.15) is 0 Å². The van der Waals surface area contributed by atoms with Crippen LogP contribution in [0.5, 0.6) is 0 Å². The van der Waals surface area contributed by atoms with E-state index in [1.165, 1.54) is 69.9 Å². The van der Waals surface area contributed by atoms with Crippen LogP contribution in [0.4, 0.5) is 0 Å². The van der Waals surface area contributed by atoms with Crippen LogP contribution in [0, 0.1) is 0 Å². The molecule has 0 aromatic heterocycles. The van der Waals surface area contributed by atoms with Crippen LogP contribution in [0.1, 0.15) is 71.1 Å². The number of hydrogen-bond acceptors (Lipinski definition) is 0. The van der Waals surface area contributed by atoms with Gasteiger partial charge in [-0.15, -0.1) is 0 Å². The molecule has 91 valence electrons. The predicted molar refractivity (Wildman–Crippen MR) is 71.2 cm³/mol. The zero-order valence-electron chi connectivity index (χ0n) is 10.8. The summed E-state index contributed by atoms with van der Waals surface area (Å²) in [5.74, 6) is 0. The molecule has 1 radical (unpaired) electrons. The van der Waals surface area contributed by atoms with Gasteiger partial charge in [0.25, 0.3) is 0 Å². The van der Waals surface area contributed by atoms with Gasteiger partial charge in [0, 0.05) is 11.9 Å². The van der Waals surface area contributed by atoms with E-state index < -0.39 is 0 Å². The zero-order valence-corrected chi connectivity index (χ0v) is 10.8. The SMILES string of the molecule is CCCCCCCCCCCC1=CC=C[N]1. The first-order valence-corrected chi connectivity index (χ1v) is 7.00. The van der Waals surface area contributed by atoms with E-state index in [2.05, 4.69) is 18.3 Å². The van der Waals surface area contributed by atoms with Crippen molar-refractivity contribution in [1.29, 1.82) is 0 Å². The molecule has 1 heterocycles. The summed E-state index contributed by atoms with van der Waals surface area (Å²) in [6.45, 7) is 2.28. The van der Waals surface area contributed by atoms with Gasteiger partial charge in [-0.25, -0.2) is 0 Å². The van der Waals surface area contributed by atoms with Gasteiger partial charge in [0.15, 0.2) is 0 Å². The van der Waals surface area contributed by atoms with Crippen molar-refractivity contribution in [2.45, 2.75) is 71.1 Å². The predicted octanol–water partition coefficient (Wildman–Crippen LogP) is 4.92. The third kappa shape index (κ3) is 6.71. The molecule has 0 saturated heterocycles. The second-order valence-corrected chi connectivity index (χ2v) is 4.71. The van der Waals surface area contributed by atoms with E-state index in [1.54, 1.807) is 0 Å². The monoisotopic (exact) mass is 220 g/mol. The minimum atomic E-state index is 1.17. The molecule has 0 unspecified atom stereocenters. The molecule has 0 N–H and O–H groups in total. The molecular weight excluding hydrogens is 194 g/mol. The van der Waals surface area contributed by atoms with Crippen molar-refractivity contribution in [1.82, 2.24) is 5.32 Å². The van der Waals surface area contributed by atoms with Crippen LogP contribution in [-0.4, -0.2) is 0 Å². The summed E-state index contributed by atoms with van der Waals surface area (Å²) in [5, 5.41) is 4.28. The molecule has 0 saturated carbocycles. The highest BCUT2D eigenvalue weighted by molar-refractivity contribution is 5.18. The first-order chi connectivity index (χ1) is 7.93. The molecule has 1 nitrogen and oxygen atoms in total. The lowest BCUT2D eigenvalue weighted by Gasteiger charge is -2.02. The Morgan fingerprint density at radius 3 is 2.06 bits per heavy atom. The Bertz CT molecular complexity index is 215. The largest absolute Gasteiger partial charge is 0.261 e. The molecule has 0 bridgehead atoms. The van der Waals surface area contributed by atoms with Crippen molar-refractivity contribution in [2.24, 2.45) is 0 Å². The Labute approximate surface area is 101 Å². The molecular formula is C15H26N. The quantitative estimate of drug-likeness (QED) is 0.464. The lowest BCUT2D eigenvalue weighted by molar-refractivity contribution is 0.562. The first kappa shape index (κ1) is 13.3. The Hall–Kier alpha value is -0.720. The van der Waals surface area contributed by atoms with E-state index in [-0.39, 0.29) is 0 Å². The maximum absolute atomic E-state index is 4.28. The molecule has 0 aromatic rings. The second-order valence-electron chi connectivity index (χ2n) is 4.71. The average Bonchev–Trinajstić information content (AvgIpc) is 2.80. The number of nitrogens with zero attached hydrogens (tertiary/aromatic N) is 1. The maximum atomic E-state index is 4.28. The van der Waals surface area contributed by atoms with Crippen LogP contribution in [0.25, 0.3) is 0 Å². The van der Waals surface area contributed by atoms with Gasteiger partial charge in [0.1, 0.15) is 0 Å². The standard InChI is InChI=1S/C15H26N/c1-2-3-4-5-6-7-8-9-10-12-15-13-11-14-16-15/h11,13-14H,2-10,12H2,1H3. The summed E-state index contributed by atoms with van der Waals surface area (Å²) in [5.41, 5.74) is 1.27. The summed E-state index contributed by atoms with van der Waals surface area (Å²) in [4.78, 5) is 0. The van der Waals surface area contributed by atoms with Crippen molar-refractivity contribution in [3.8, 4) is 0 Å². The second kappa shape index (κ2) is 9.50. The van der Waals surface area contributed by atoms with Crippen LogP contribution >= 0.6 is 0 Å². The highest BCUT2D eigenvalue weighted by Crippen LogP contribution is 2.14. The van der Waals surface area contributed by atoms with Gasteiger partial charge >= 0.3 is 0 Å². The van der Waals surface area contributed by atoms with Gasteiger partial charge in [0.2, 0.25) is 0 Å². The topological polar surface area (TPSA) is 14.1 Å². The van der Waals surface area contributed by atoms with Crippen molar-refractivity contribution in [3.63, 3.8) is 0 Å². The average molecular weight is 220 g/mol. The Balaban J connectivity index is 1.75. The van der Waals surface area contributed by atoms with Gasteiger partial charge < -0.3 is 0 Å². The van der Waals surface area contributed by atoms with Gasteiger partial charge in [0.05, 0.1) is 0 Å². The smallest absolute Gasteiger partial charge is 0.0404 e. The fourth-order valence-corrected chi connectivity index (χ4v) is 2.10. The van der Waals surface area contributed by atoms with Crippen molar-refractivity contribution < 1.29 is 0 Å². The van der Waals surface area contributed by atoms with E-state index in [0.29, 0.717) is 0 Å². The lowest BCUT2D eigenvalue weighted by atomic mass is 10.1. The number of rotatable bonds is 10. The van der Waals surface area contributed by atoms with E-state index in [0.717, 1.165) is 0 Å². The van der Waals surface area contributed by atoms with Crippen molar-refractivity contribution in [2.75, 3.05) is 0 Å². The van der Waals surface area contributed by atoms with Gasteiger partial charge in [-0.1, -0.05) is 58.3 Å². The number of allylic oxidation sites excluding steroid dienone is 3. The molecule has 1 aliphatic heterocycles. The number of hydrogen-bond donors (Lipinski definition) is 0. The fraction of sp³-hybridized carbons (Fsp3) is 0.733. The van der Waals surface area contributed by atoms with Gasteiger partial charge in [-0.05, 0) is 25.0 Å². The summed E-state index contributed by atoms with van der Waals surface area (Å²) in [7, 11) is 0. The van der Waals surface area contributed by atoms with Crippen LogP contribution in [0.15, 0.2) is 24.0 Å². The van der Waals surface area contributed by atoms with Crippen molar-refractivity contribution >= 4 is 0 Å². The van der Waals surface area contributed by atoms with E-state index >= 15 is 0 Å². The van der Waals surface area contributed by atoms with Crippen LogP contribution < -0.4 is 5.32 Å². The minimum absolute atomic E-state index is 1.17. The summed E-state index contributed by atoms with van der Waals surface area (Å²) >= 11 is 0. The summed E-state index contributed by atoms with van der Waals surface area (Å²) in [6.07, 6.45) is 19.8. The molecule has 0 spiro atoms. The fourth-order valence-electron chi connectivity index (χ4n) is 2.10. The minimum Gasteiger partial charge on any atom is -0.261 e. The Morgan fingerprint density at radius 2 is 1.50 bits per heavy atom. The number of unbranched alkanes of at least 4 members (excludes halogenated alkanes) is 8. The third-order valence-corrected chi connectivity index (χ3v) is 3.15. The molecule has 1 heteroatoms. The molecule has 0 aliphatic carbocycles. The van der Waals surface area contributed by atoms with Crippen molar-refractivity contribution in [3.05, 3.63) is 24.0 Å². The summed E-state index contributed by atoms with van der Waals surface area (Å²) < 4.78 is 0. The first-order valence-electron chi connectivity index (χ1n) is 7.00. The Morgan fingerprint density at radius 1 is 0.875 bits per heavy atom. The molecule has 1 rings (SSSR count). The van der Waals surface area contributed by atoms with E-state index in [1.807, 2.05) is 12.3 Å². The van der Waals surface area contributed by atoms with Crippen LogP contribution in [0.3, 0.4) is 0 Å². The highest BCUT2D eigenvalue weighted by atomic mass is 14.9. The van der Waals surface area contributed by atoms with Crippen LogP contribution in [0.2, 0.25) is 0 Å². The molecule has 0 fully saturated rings. The molecule has 1 aliphatic rings. The maximum Gasteiger partial charge on any atom is 0.0404 e. The third-order valence-electron chi connectivity index (χ3n) is 3.15.